The van der Waals surface area contributed by atoms with Crippen LogP contribution in [-0.4, -0.2) is 11.4 Å². The van der Waals surface area contributed by atoms with Crippen LogP contribution in [0.25, 0.3) is 0 Å². The lowest BCUT2D eigenvalue weighted by Crippen LogP contribution is -2.31. The van der Waals surface area contributed by atoms with Crippen molar-refractivity contribution in [2.24, 2.45) is 0 Å². The smallest absolute Gasteiger partial charge is 0.0447 e. The van der Waals surface area contributed by atoms with Crippen molar-refractivity contribution in [3.8, 4) is 0 Å². The first-order valence-electron chi connectivity index (χ1n) is 10.3. The number of nitrogens with zero attached hydrogens (tertiary/aromatic N) is 1. The van der Waals surface area contributed by atoms with E-state index in [9.17, 15) is 0 Å². The fourth-order valence-electron chi connectivity index (χ4n) is 3.83. The number of unbranched alkanes of at least 4 members (excludes halogenated alkanes) is 5. The topological polar surface area (TPSA) is 3.24 Å². The van der Waals surface area contributed by atoms with E-state index in [1.165, 1.54) is 78.6 Å². The molecule has 0 aromatic heterocycles. The highest BCUT2D eigenvalue weighted by Gasteiger charge is 2.28. The number of hydrogen-bond donors (Lipinski definition) is 0. The third kappa shape index (κ3) is 5.00. The van der Waals surface area contributed by atoms with Crippen LogP contribution in [0, 0.1) is 0 Å². The van der Waals surface area contributed by atoms with Gasteiger partial charge in [0.25, 0.3) is 0 Å². The molecule has 0 saturated heterocycles. The van der Waals surface area contributed by atoms with Gasteiger partial charge in [0.2, 0.25) is 0 Å². The lowest BCUT2D eigenvalue weighted by Gasteiger charge is -2.40. The van der Waals surface area contributed by atoms with Crippen molar-refractivity contribution in [2.45, 2.75) is 85.0 Å². The Labute approximate surface area is 155 Å². The molecule has 0 unspecified atom stereocenters. The van der Waals surface area contributed by atoms with Crippen LogP contribution in [0.2, 0.25) is 0 Å². The minimum Gasteiger partial charge on any atom is -0.341 e. The molecule has 1 aliphatic heterocycles. The molecule has 0 saturated carbocycles. The Hall–Kier alpha value is -1.50. The molecule has 1 heteroatoms. The van der Waals surface area contributed by atoms with Gasteiger partial charge in [-0.1, -0.05) is 76.8 Å². The van der Waals surface area contributed by atoms with Crippen molar-refractivity contribution in [3.63, 3.8) is 0 Å². The maximum Gasteiger partial charge on any atom is 0.0447 e. The van der Waals surface area contributed by atoms with E-state index >= 15 is 0 Å². The molecule has 0 aromatic rings. The van der Waals surface area contributed by atoms with Crippen molar-refractivity contribution in [2.75, 3.05) is 6.54 Å². The Morgan fingerprint density at radius 1 is 1.04 bits per heavy atom. The lowest BCUT2D eigenvalue weighted by molar-refractivity contribution is 0.421. The summed E-state index contributed by atoms with van der Waals surface area (Å²) in [6, 6.07) is 0. The molecule has 2 aliphatic rings. The predicted molar refractivity (Wildman–Crippen MR) is 111 cm³/mol. The largest absolute Gasteiger partial charge is 0.341 e. The zero-order chi connectivity index (χ0) is 18.2. The summed E-state index contributed by atoms with van der Waals surface area (Å²) >= 11 is 0. The van der Waals surface area contributed by atoms with E-state index in [2.05, 4.69) is 51.0 Å². The van der Waals surface area contributed by atoms with E-state index in [0.717, 1.165) is 25.8 Å². The van der Waals surface area contributed by atoms with Gasteiger partial charge in [-0.25, -0.2) is 0 Å². The Kier molecular flexibility index (Phi) is 7.81. The molecule has 0 fully saturated rings. The quantitative estimate of drug-likeness (QED) is 0.295. The molecule has 0 amide bonds. The van der Waals surface area contributed by atoms with E-state index in [-0.39, 0.29) is 0 Å². The van der Waals surface area contributed by atoms with Crippen LogP contribution >= 0.6 is 0 Å². The van der Waals surface area contributed by atoms with Gasteiger partial charge in [0.1, 0.15) is 0 Å². The van der Waals surface area contributed by atoms with Gasteiger partial charge < -0.3 is 4.90 Å². The minimum atomic E-state index is 0.954. The van der Waals surface area contributed by atoms with Gasteiger partial charge >= 0.3 is 0 Å². The van der Waals surface area contributed by atoms with Crippen LogP contribution in [0.5, 0.6) is 0 Å². The fourth-order valence-corrected chi connectivity index (χ4v) is 3.83. The molecule has 0 N–H and O–H groups in total. The molecular weight excluding hydrogens is 302 g/mol. The van der Waals surface area contributed by atoms with Crippen LogP contribution in [0.1, 0.15) is 85.0 Å². The van der Waals surface area contributed by atoms with Crippen molar-refractivity contribution in [1.29, 1.82) is 0 Å². The molecule has 0 atom stereocenters. The molecule has 0 bridgehead atoms. The van der Waals surface area contributed by atoms with Gasteiger partial charge in [-0.3, -0.25) is 0 Å². The second-order valence-electron chi connectivity index (χ2n) is 7.54. The SMILES string of the molecule is C=C(CC)CN1C2=CCCC=C2C(=C)C(C)=C1CCCCCCCC. The van der Waals surface area contributed by atoms with Crippen molar-refractivity contribution >= 4 is 0 Å². The maximum atomic E-state index is 4.42. The van der Waals surface area contributed by atoms with Crippen LogP contribution in [0.3, 0.4) is 0 Å². The highest BCUT2D eigenvalue weighted by Crippen LogP contribution is 2.41. The highest BCUT2D eigenvalue weighted by molar-refractivity contribution is 5.60. The van der Waals surface area contributed by atoms with Crippen molar-refractivity contribution in [1.82, 2.24) is 4.90 Å². The van der Waals surface area contributed by atoms with Crippen molar-refractivity contribution < 1.29 is 0 Å². The first-order chi connectivity index (χ1) is 12.1. The zero-order valence-corrected chi connectivity index (χ0v) is 16.8. The molecule has 0 radical (unpaired) electrons. The molecule has 1 nitrogen and oxygen atoms in total. The number of fused-ring (bicyclic) bond motifs is 1. The average molecular weight is 340 g/mol. The average Bonchev–Trinajstić information content (AvgIpc) is 2.64. The summed E-state index contributed by atoms with van der Waals surface area (Å²) in [7, 11) is 0. The third-order valence-electron chi connectivity index (χ3n) is 5.60. The van der Waals surface area contributed by atoms with Gasteiger partial charge in [-0.05, 0) is 50.2 Å². The van der Waals surface area contributed by atoms with Crippen LogP contribution in [-0.2, 0) is 0 Å². The van der Waals surface area contributed by atoms with Crippen LogP contribution < -0.4 is 0 Å². The van der Waals surface area contributed by atoms with Gasteiger partial charge in [0, 0.05) is 23.5 Å². The number of rotatable bonds is 10. The number of allylic oxidation sites excluding steroid dienone is 5. The summed E-state index contributed by atoms with van der Waals surface area (Å²) < 4.78 is 0. The van der Waals surface area contributed by atoms with Gasteiger partial charge in [-0.15, -0.1) is 0 Å². The monoisotopic (exact) mass is 339 g/mol. The lowest BCUT2D eigenvalue weighted by atomic mass is 9.85. The van der Waals surface area contributed by atoms with Crippen molar-refractivity contribution in [3.05, 3.63) is 59.0 Å². The standard InChI is InChI=1S/C24H37N/c1-6-8-9-10-11-12-16-23-21(5)20(4)22-15-13-14-17-24(22)25(23)18-19(3)7-2/h15,17H,3-4,6-14,16,18H2,1-2,5H3. The fraction of sp³-hybridized carbons (Fsp3) is 0.583. The molecule has 2 rings (SSSR count). The maximum absolute atomic E-state index is 4.42. The third-order valence-corrected chi connectivity index (χ3v) is 5.60. The molecular formula is C24H37N. The summed E-state index contributed by atoms with van der Waals surface area (Å²) in [5.74, 6) is 0. The van der Waals surface area contributed by atoms with Crippen LogP contribution in [0.15, 0.2) is 59.0 Å². The Bertz CT molecular complexity index is 585. The molecule has 0 aromatic carbocycles. The normalized spacial score (nSPS) is 17.4. The first kappa shape index (κ1) is 19.8. The summed E-state index contributed by atoms with van der Waals surface area (Å²) in [6.45, 7) is 16.4. The summed E-state index contributed by atoms with van der Waals surface area (Å²) in [5.41, 5.74) is 8.18. The molecule has 0 spiro atoms. The Morgan fingerprint density at radius 3 is 2.44 bits per heavy atom. The second-order valence-corrected chi connectivity index (χ2v) is 7.54. The molecule has 1 heterocycles. The van der Waals surface area contributed by atoms with Gasteiger partial charge in [0.05, 0.1) is 0 Å². The Balaban J connectivity index is 2.15. The summed E-state index contributed by atoms with van der Waals surface area (Å²) in [4.78, 5) is 2.55. The summed E-state index contributed by atoms with van der Waals surface area (Å²) in [6.07, 6.45) is 17.4. The molecule has 138 valence electrons. The minimum absolute atomic E-state index is 0.954. The van der Waals surface area contributed by atoms with E-state index in [0.29, 0.717) is 0 Å². The number of hydrogen-bond acceptors (Lipinski definition) is 1. The Morgan fingerprint density at radius 2 is 1.72 bits per heavy atom. The summed E-state index contributed by atoms with van der Waals surface area (Å²) in [5, 5.41) is 0. The first-order valence-corrected chi connectivity index (χ1v) is 10.3. The van der Waals surface area contributed by atoms with E-state index in [4.69, 9.17) is 0 Å². The highest BCUT2D eigenvalue weighted by atomic mass is 15.2. The van der Waals surface area contributed by atoms with Crippen LogP contribution in [0.4, 0.5) is 0 Å². The second kappa shape index (κ2) is 9.85. The molecule has 25 heavy (non-hydrogen) atoms. The zero-order valence-electron chi connectivity index (χ0n) is 16.8. The molecule has 1 aliphatic carbocycles. The van der Waals surface area contributed by atoms with Gasteiger partial charge in [0.15, 0.2) is 0 Å². The van der Waals surface area contributed by atoms with E-state index in [1.54, 1.807) is 0 Å². The van der Waals surface area contributed by atoms with E-state index in [1.807, 2.05) is 0 Å². The van der Waals surface area contributed by atoms with Gasteiger partial charge in [-0.2, -0.15) is 0 Å². The predicted octanol–water partition coefficient (Wildman–Crippen LogP) is 7.45. The van der Waals surface area contributed by atoms with E-state index < -0.39 is 0 Å².